The molecule has 1 rings (SSSR count). The van der Waals surface area contributed by atoms with Crippen molar-refractivity contribution in [2.24, 2.45) is 16.7 Å². The second-order valence-corrected chi connectivity index (χ2v) is 3.03. The fraction of sp³-hybridized carbons (Fsp3) is 0.222. The van der Waals surface area contributed by atoms with Crippen LogP contribution in [0.5, 0.6) is 0 Å². The van der Waals surface area contributed by atoms with Gasteiger partial charge in [-0.2, -0.15) is 0 Å². The molecule has 1 heterocycles. The molecule has 0 aromatic carbocycles. The maximum atomic E-state index is 11.3. The van der Waals surface area contributed by atoms with E-state index in [1.54, 1.807) is 6.08 Å². The molecule has 80 valence electrons. The highest BCUT2D eigenvalue weighted by Crippen LogP contribution is 2.11. The number of aliphatic imine (C=N–C) groups is 1. The van der Waals surface area contributed by atoms with Gasteiger partial charge in [-0.25, -0.2) is 16.8 Å². The van der Waals surface area contributed by atoms with E-state index < -0.39 is 5.91 Å². The summed E-state index contributed by atoms with van der Waals surface area (Å²) in [5.74, 6) is 9.51. The Kier molecular flexibility index (Phi) is 3.48. The predicted molar refractivity (Wildman–Crippen MR) is 55.2 cm³/mol. The Morgan fingerprint density at radius 1 is 1.47 bits per heavy atom. The fourth-order valence-corrected chi connectivity index (χ4v) is 1.07. The first-order valence-electron chi connectivity index (χ1n) is 4.30. The lowest BCUT2D eigenvalue weighted by atomic mass is 10.1. The Morgan fingerprint density at radius 3 is 2.67 bits per heavy atom. The number of hydrogen-bond donors (Lipinski definition) is 2. The van der Waals surface area contributed by atoms with Crippen molar-refractivity contribution in [3.63, 3.8) is 0 Å². The SMILES string of the molecule is CC(=O)C1=CC=NC(C(=O)N(N)N)=CC1. The summed E-state index contributed by atoms with van der Waals surface area (Å²) in [6.45, 7) is 1.46. The molecule has 4 N–H and O–H groups in total. The van der Waals surface area contributed by atoms with Gasteiger partial charge in [-0.15, -0.1) is 0 Å². The van der Waals surface area contributed by atoms with Crippen molar-refractivity contribution in [3.8, 4) is 0 Å². The third-order valence-electron chi connectivity index (χ3n) is 1.91. The summed E-state index contributed by atoms with van der Waals surface area (Å²) in [5, 5.41) is 0.460. The topological polar surface area (TPSA) is 102 Å². The van der Waals surface area contributed by atoms with Crippen LogP contribution in [0.15, 0.2) is 28.4 Å². The van der Waals surface area contributed by atoms with E-state index in [0.29, 0.717) is 17.1 Å². The number of ketones is 1. The standard InChI is InChI=1S/C9H12N4O2/c1-6(14)7-2-3-8(12-5-4-7)9(15)13(10)11/h3-5H,2,10-11H2,1H3. The first-order chi connectivity index (χ1) is 7.02. The molecular weight excluding hydrogens is 196 g/mol. The second kappa shape index (κ2) is 4.63. The van der Waals surface area contributed by atoms with E-state index in [1.807, 2.05) is 0 Å². The van der Waals surface area contributed by atoms with Gasteiger partial charge in [0.1, 0.15) is 5.70 Å². The van der Waals surface area contributed by atoms with Crippen LogP contribution >= 0.6 is 0 Å². The monoisotopic (exact) mass is 208 g/mol. The molecule has 0 spiro atoms. The summed E-state index contributed by atoms with van der Waals surface area (Å²) in [5.41, 5.74) is 0.717. The van der Waals surface area contributed by atoms with Crippen LogP contribution in [-0.2, 0) is 9.59 Å². The Morgan fingerprint density at radius 2 is 2.13 bits per heavy atom. The molecule has 0 bridgehead atoms. The zero-order valence-corrected chi connectivity index (χ0v) is 8.30. The minimum Gasteiger partial charge on any atom is -0.295 e. The smallest absolute Gasteiger partial charge is 0.295 e. The summed E-state index contributed by atoms with van der Waals surface area (Å²) in [7, 11) is 0. The molecule has 0 saturated carbocycles. The van der Waals surface area contributed by atoms with Gasteiger partial charge in [0, 0.05) is 11.8 Å². The van der Waals surface area contributed by atoms with Gasteiger partial charge < -0.3 is 0 Å². The van der Waals surface area contributed by atoms with Crippen LogP contribution in [0.3, 0.4) is 0 Å². The van der Waals surface area contributed by atoms with E-state index in [2.05, 4.69) is 4.99 Å². The van der Waals surface area contributed by atoms with Crippen LogP contribution in [0.4, 0.5) is 0 Å². The average molecular weight is 208 g/mol. The number of rotatable bonds is 2. The molecule has 6 nitrogen and oxygen atoms in total. The van der Waals surface area contributed by atoms with Crippen molar-refractivity contribution < 1.29 is 9.59 Å². The molecule has 1 aliphatic rings. The molecule has 0 unspecified atom stereocenters. The maximum Gasteiger partial charge on any atom is 0.300 e. The number of hydrogen-bond acceptors (Lipinski definition) is 5. The highest BCUT2D eigenvalue weighted by Gasteiger charge is 2.13. The van der Waals surface area contributed by atoms with Gasteiger partial charge in [0.15, 0.2) is 5.78 Å². The summed E-state index contributed by atoms with van der Waals surface area (Å²) in [4.78, 5) is 26.2. The van der Waals surface area contributed by atoms with Crippen LogP contribution in [0.2, 0.25) is 0 Å². The number of Topliss-reactive ketones (excluding diaryl/α,β-unsaturated/α-hetero) is 1. The summed E-state index contributed by atoms with van der Waals surface area (Å²) >= 11 is 0. The van der Waals surface area contributed by atoms with E-state index in [-0.39, 0.29) is 11.5 Å². The molecule has 6 heteroatoms. The Bertz CT molecular complexity index is 380. The van der Waals surface area contributed by atoms with E-state index >= 15 is 0 Å². The second-order valence-electron chi connectivity index (χ2n) is 3.03. The van der Waals surface area contributed by atoms with Gasteiger partial charge in [0.05, 0.1) is 0 Å². The molecule has 0 atom stereocenters. The van der Waals surface area contributed by atoms with Crippen LogP contribution < -0.4 is 11.7 Å². The molecule has 0 aliphatic carbocycles. The number of carbonyl (C=O) groups is 2. The molecule has 0 radical (unpaired) electrons. The summed E-state index contributed by atoms with van der Waals surface area (Å²) in [6.07, 6.45) is 4.82. The Labute approximate surface area is 86.9 Å². The van der Waals surface area contributed by atoms with Gasteiger partial charge in [-0.3, -0.25) is 14.6 Å². The number of carbonyl (C=O) groups excluding carboxylic acids is 2. The van der Waals surface area contributed by atoms with Crippen molar-refractivity contribution in [3.05, 3.63) is 23.4 Å². The lowest BCUT2D eigenvalue weighted by Gasteiger charge is -2.08. The zero-order chi connectivity index (χ0) is 11.4. The van der Waals surface area contributed by atoms with Crippen molar-refractivity contribution in [1.29, 1.82) is 0 Å². The van der Waals surface area contributed by atoms with Crippen molar-refractivity contribution in [1.82, 2.24) is 5.12 Å². The van der Waals surface area contributed by atoms with E-state index in [4.69, 9.17) is 11.7 Å². The largest absolute Gasteiger partial charge is 0.300 e. The van der Waals surface area contributed by atoms with Crippen LogP contribution in [0.1, 0.15) is 13.3 Å². The number of hydrazine groups is 2. The Balaban J connectivity index is 2.85. The Hall–Kier alpha value is -1.79. The number of nitrogens with zero attached hydrogens (tertiary/aromatic N) is 2. The molecule has 0 saturated heterocycles. The van der Waals surface area contributed by atoms with Gasteiger partial charge in [0.2, 0.25) is 0 Å². The number of nitrogens with two attached hydrogens (primary N) is 2. The quantitative estimate of drug-likeness (QED) is 0.360. The van der Waals surface area contributed by atoms with Crippen molar-refractivity contribution in [2.45, 2.75) is 13.3 Å². The highest BCUT2D eigenvalue weighted by atomic mass is 16.2. The van der Waals surface area contributed by atoms with Gasteiger partial charge in [0.25, 0.3) is 0 Å². The number of amides is 1. The van der Waals surface area contributed by atoms with E-state index in [9.17, 15) is 9.59 Å². The third kappa shape index (κ3) is 2.83. The van der Waals surface area contributed by atoms with Crippen molar-refractivity contribution >= 4 is 17.9 Å². The minimum absolute atomic E-state index is 0.0521. The van der Waals surface area contributed by atoms with E-state index in [0.717, 1.165) is 0 Å². The maximum absolute atomic E-state index is 11.3. The van der Waals surface area contributed by atoms with Gasteiger partial charge >= 0.3 is 5.91 Å². The van der Waals surface area contributed by atoms with E-state index in [1.165, 1.54) is 19.2 Å². The van der Waals surface area contributed by atoms with Gasteiger partial charge in [-0.05, 0) is 25.5 Å². The molecule has 0 fully saturated rings. The lowest BCUT2D eigenvalue weighted by molar-refractivity contribution is -0.127. The molecule has 15 heavy (non-hydrogen) atoms. The first kappa shape index (κ1) is 11.3. The molecule has 1 amide bonds. The molecular formula is C9H12N4O2. The fourth-order valence-electron chi connectivity index (χ4n) is 1.07. The normalized spacial score (nSPS) is 15.1. The van der Waals surface area contributed by atoms with Crippen LogP contribution in [-0.4, -0.2) is 23.0 Å². The summed E-state index contributed by atoms with van der Waals surface area (Å²) in [6, 6.07) is 0. The van der Waals surface area contributed by atoms with Crippen LogP contribution in [0, 0.1) is 0 Å². The first-order valence-corrected chi connectivity index (χ1v) is 4.30. The predicted octanol–water partition coefficient (Wildman–Crippen LogP) is -0.564. The highest BCUT2D eigenvalue weighted by molar-refractivity contribution is 6.00. The van der Waals surface area contributed by atoms with Crippen LogP contribution in [0.25, 0.3) is 0 Å². The zero-order valence-electron chi connectivity index (χ0n) is 8.30. The molecule has 1 aliphatic heterocycles. The molecule has 0 aromatic heterocycles. The lowest BCUT2D eigenvalue weighted by Crippen LogP contribution is -2.43. The summed E-state index contributed by atoms with van der Waals surface area (Å²) < 4.78 is 0. The third-order valence-corrected chi connectivity index (χ3v) is 1.91. The minimum atomic E-state index is -0.593. The number of allylic oxidation sites excluding steroid dienone is 3. The van der Waals surface area contributed by atoms with Gasteiger partial charge in [-0.1, -0.05) is 0 Å². The van der Waals surface area contributed by atoms with Crippen molar-refractivity contribution in [2.75, 3.05) is 0 Å². The average Bonchev–Trinajstić information content (AvgIpc) is 2.41. The molecule has 0 aromatic rings.